The molecule has 0 unspecified atom stereocenters. The lowest BCUT2D eigenvalue weighted by molar-refractivity contribution is 0.251. The predicted molar refractivity (Wildman–Crippen MR) is 57.7 cm³/mol. The summed E-state index contributed by atoms with van der Waals surface area (Å²) in [5.41, 5.74) is 0.761. The van der Waals surface area contributed by atoms with E-state index in [9.17, 15) is 9.90 Å². The van der Waals surface area contributed by atoms with E-state index < -0.39 is 6.03 Å². The SMILES string of the molecule is C=C1N=NC(=O)NC1=Nc1cccc(O)c1. The Kier molecular flexibility index (Phi) is 2.47. The van der Waals surface area contributed by atoms with Crippen LogP contribution in [0.15, 0.2) is 51.8 Å². The van der Waals surface area contributed by atoms with E-state index in [4.69, 9.17) is 0 Å². The van der Waals surface area contributed by atoms with Gasteiger partial charge in [-0.15, -0.1) is 5.11 Å². The summed E-state index contributed by atoms with van der Waals surface area (Å²) in [6.45, 7) is 3.58. The molecule has 1 heterocycles. The largest absolute Gasteiger partial charge is 0.508 e. The second-order valence-electron chi connectivity index (χ2n) is 3.06. The molecule has 0 fully saturated rings. The van der Waals surface area contributed by atoms with Crippen molar-refractivity contribution >= 4 is 17.6 Å². The molecule has 1 aromatic rings. The van der Waals surface area contributed by atoms with Crippen molar-refractivity contribution in [3.05, 3.63) is 36.5 Å². The number of azo groups is 1. The van der Waals surface area contributed by atoms with Gasteiger partial charge in [-0.25, -0.2) is 9.79 Å². The van der Waals surface area contributed by atoms with Gasteiger partial charge in [0.1, 0.15) is 11.4 Å². The lowest BCUT2D eigenvalue weighted by Crippen LogP contribution is -2.31. The molecular formula is C10H8N4O2. The van der Waals surface area contributed by atoms with Gasteiger partial charge in [0, 0.05) is 6.07 Å². The van der Waals surface area contributed by atoms with E-state index in [-0.39, 0.29) is 17.3 Å². The summed E-state index contributed by atoms with van der Waals surface area (Å²) in [6, 6.07) is 5.71. The number of aliphatic imine (C=N–C) groups is 1. The van der Waals surface area contributed by atoms with Crippen molar-refractivity contribution in [2.45, 2.75) is 0 Å². The van der Waals surface area contributed by atoms with Gasteiger partial charge in [-0.3, -0.25) is 5.32 Å². The van der Waals surface area contributed by atoms with E-state index in [0.717, 1.165) is 0 Å². The van der Waals surface area contributed by atoms with Gasteiger partial charge in [0.15, 0.2) is 5.84 Å². The molecule has 2 amide bonds. The van der Waals surface area contributed by atoms with Gasteiger partial charge in [0.05, 0.1) is 5.69 Å². The number of nitrogens with one attached hydrogen (secondary N) is 1. The van der Waals surface area contributed by atoms with Crippen LogP contribution >= 0.6 is 0 Å². The van der Waals surface area contributed by atoms with Gasteiger partial charge in [-0.05, 0) is 12.1 Å². The molecule has 0 bridgehead atoms. The maximum atomic E-state index is 10.9. The van der Waals surface area contributed by atoms with Crippen LogP contribution in [-0.2, 0) is 0 Å². The third-order valence-corrected chi connectivity index (χ3v) is 1.83. The van der Waals surface area contributed by atoms with Gasteiger partial charge >= 0.3 is 6.03 Å². The normalized spacial score (nSPS) is 17.6. The average Bonchev–Trinajstić information content (AvgIpc) is 2.24. The molecule has 0 aromatic heterocycles. The number of nitrogens with zero attached hydrogens (tertiary/aromatic N) is 3. The summed E-state index contributed by atoms with van der Waals surface area (Å²) < 4.78 is 0. The molecule has 0 saturated carbocycles. The van der Waals surface area contributed by atoms with E-state index in [1.165, 1.54) is 12.1 Å². The maximum absolute atomic E-state index is 10.9. The minimum absolute atomic E-state index is 0.0937. The number of rotatable bonds is 1. The van der Waals surface area contributed by atoms with Gasteiger partial charge in [0.25, 0.3) is 0 Å². The van der Waals surface area contributed by atoms with Crippen LogP contribution in [0.5, 0.6) is 5.75 Å². The van der Waals surface area contributed by atoms with Crippen molar-refractivity contribution in [1.82, 2.24) is 5.32 Å². The highest BCUT2D eigenvalue weighted by molar-refractivity contribution is 6.09. The smallest absolute Gasteiger partial charge is 0.365 e. The molecule has 6 nitrogen and oxygen atoms in total. The first-order valence-corrected chi connectivity index (χ1v) is 4.45. The summed E-state index contributed by atoms with van der Waals surface area (Å²) in [6.07, 6.45) is 0. The first-order chi connectivity index (χ1) is 7.65. The Balaban J connectivity index is 2.34. The fourth-order valence-corrected chi connectivity index (χ4v) is 1.14. The van der Waals surface area contributed by atoms with E-state index in [1.54, 1.807) is 12.1 Å². The summed E-state index contributed by atoms with van der Waals surface area (Å²) in [5, 5.41) is 18.4. The monoisotopic (exact) mass is 216 g/mol. The average molecular weight is 216 g/mol. The molecule has 80 valence electrons. The van der Waals surface area contributed by atoms with Crippen LogP contribution in [-0.4, -0.2) is 17.0 Å². The van der Waals surface area contributed by atoms with Crippen LogP contribution in [0.4, 0.5) is 10.5 Å². The van der Waals surface area contributed by atoms with Crippen molar-refractivity contribution in [3.8, 4) is 5.75 Å². The first-order valence-electron chi connectivity index (χ1n) is 4.45. The third-order valence-electron chi connectivity index (χ3n) is 1.83. The quantitative estimate of drug-likeness (QED) is 0.753. The number of benzene rings is 1. The molecular weight excluding hydrogens is 208 g/mol. The summed E-state index contributed by atoms with van der Waals surface area (Å²) in [4.78, 5) is 15.0. The molecule has 6 heteroatoms. The molecule has 0 spiro atoms. The molecule has 1 aromatic carbocycles. The Labute approximate surface area is 91.0 Å². The first kappa shape index (κ1) is 10.0. The molecule has 0 aliphatic carbocycles. The summed E-state index contributed by atoms with van der Waals surface area (Å²) >= 11 is 0. The van der Waals surface area contributed by atoms with Gasteiger partial charge in [-0.1, -0.05) is 17.8 Å². The van der Waals surface area contributed by atoms with E-state index in [2.05, 4.69) is 27.1 Å². The zero-order valence-electron chi connectivity index (χ0n) is 8.21. The van der Waals surface area contributed by atoms with Crippen molar-refractivity contribution in [3.63, 3.8) is 0 Å². The number of amides is 2. The molecule has 2 rings (SSSR count). The molecule has 0 radical (unpaired) electrons. The lowest BCUT2D eigenvalue weighted by Gasteiger charge is -2.09. The zero-order chi connectivity index (χ0) is 11.5. The van der Waals surface area contributed by atoms with Gasteiger partial charge in [0.2, 0.25) is 0 Å². The number of amidine groups is 1. The van der Waals surface area contributed by atoms with E-state index in [1.807, 2.05) is 0 Å². The minimum atomic E-state index is -0.591. The summed E-state index contributed by atoms with van der Waals surface area (Å²) in [5.74, 6) is 0.321. The standard InChI is InChI=1S/C10H8N4O2/c1-6-9(12-10(16)14-13-6)11-7-3-2-4-8(15)5-7/h2-5,15H,1H2,(H,11,12,16). The lowest BCUT2D eigenvalue weighted by atomic mass is 10.3. The second kappa shape index (κ2) is 3.93. The molecule has 1 aliphatic heterocycles. The highest BCUT2D eigenvalue weighted by Crippen LogP contribution is 2.19. The van der Waals surface area contributed by atoms with Crippen molar-refractivity contribution in [2.75, 3.05) is 0 Å². The van der Waals surface area contributed by atoms with Gasteiger partial charge < -0.3 is 5.11 Å². The van der Waals surface area contributed by atoms with Crippen molar-refractivity contribution in [1.29, 1.82) is 0 Å². The van der Waals surface area contributed by atoms with Crippen LogP contribution in [0.2, 0.25) is 0 Å². The second-order valence-corrected chi connectivity index (χ2v) is 3.06. The molecule has 2 N–H and O–H groups in total. The molecule has 16 heavy (non-hydrogen) atoms. The highest BCUT2D eigenvalue weighted by Gasteiger charge is 2.14. The Hall–Kier alpha value is -2.50. The Bertz CT molecular complexity index is 519. The Morgan fingerprint density at radius 1 is 1.38 bits per heavy atom. The number of carbonyl (C=O) groups excluding carboxylic acids is 1. The molecule has 0 saturated heterocycles. The number of phenolic OH excluding ortho intramolecular Hbond substituents is 1. The molecule has 1 aliphatic rings. The van der Waals surface area contributed by atoms with Crippen LogP contribution in [0.1, 0.15) is 0 Å². The van der Waals surface area contributed by atoms with Crippen LogP contribution in [0.3, 0.4) is 0 Å². The van der Waals surface area contributed by atoms with Gasteiger partial charge in [-0.2, -0.15) is 0 Å². The summed E-state index contributed by atoms with van der Waals surface area (Å²) in [7, 11) is 0. The fraction of sp³-hybridized carbons (Fsp3) is 0. The van der Waals surface area contributed by atoms with Crippen LogP contribution in [0.25, 0.3) is 0 Å². The van der Waals surface area contributed by atoms with E-state index in [0.29, 0.717) is 5.69 Å². The van der Waals surface area contributed by atoms with Crippen molar-refractivity contribution < 1.29 is 9.90 Å². The van der Waals surface area contributed by atoms with Crippen LogP contribution < -0.4 is 5.32 Å². The predicted octanol–water partition coefficient (Wildman–Crippen LogP) is 2.11. The third kappa shape index (κ3) is 2.11. The number of carbonyl (C=O) groups is 1. The fourth-order valence-electron chi connectivity index (χ4n) is 1.14. The number of aromatic hydroxyl groups is 1. The Morgan fingerprint density at radius 3 is 2.94 bits per heavy atom. The number of phenols is 1. The number of urea groups is 1. The molecule has 0 atom stereocenters. The number of hydrogen-bond acceptors (Lipinski definition) is 4. The van der Waals surface area contributed by atoms with Crippen LogP contribution in [0, 0.1) is 0 Å². The van der Waals surface area contributed by atoms with Crippen molar-refractivity contribution in [2.24, 2.45) is 15.2 Å². The minimum Gasteiger partial charge on any atom is -0.508 e. The maximum Gasteiger partial charge on any atom is 0.365 e. The topological polar surface area (TPSA) is 86.4 Å². The Morgan fingerprint density at radius 2 is 2.19 bits per heavy atom. The number of hydrogen-bond donors (Lipinski definition) is 2. The zero-order valence-corrected chi connectivity index (χ0v) is 8.21. The highest BCUT2D eigenvalue weighted by atomic mass is 16.3. The van der Waals surface area contributed by atoms with E-state index >= 15 is 0 Å².